The maximum absolute atomic E-state index is 4.32. The largest absolute Gasteiger partial charge is 0.310 e. The van der Waals surface area contributed by atoms with Crippen LogP contribution in [0.4, 0.5) is 0 Å². The predicted octanol–water partition coefficient (Wildman–Crippen LogP) is 2.60. The third-order valence-corrected chi connectivity index (χ3v) is 3.89. The zero-order chi connectivity index (χ0) is 12.8. The number of nitrogens with zero attached hydrogens (tertiary/aromatic N) is 3. The monoisotopic (exact) mass is 250 g/mol. The zero-order valence-electron chi connectivity index (χ0n) is 11.7. The molecule has 0 amide bonds. The van der Waals surface area contributed by atoms with Gasteiger partial charge in [-0.2, -0.15) is 5.10 Å². The predicted molar refractivity (Wildman–Crippen MR) is 73.1 cm³/mol. The van der Waals surface area contributed by atoms with E-state index in [0.29, 0.717) is 0 Å². The minimum atomic E-state index is 0.852. The number of aryl methyl sites for hydroxylation is 1. The highest BCUT2D eigenvalue weighted by atomic mass is 15.3. The molecular weight excluding hydrogens is 224 g/mol. The first kappa shape index (κ1) is 13.5. The second-order valence-electron chi connectivity index (χ2n) is 5.67. The van der Waals surface area contributed by atoms with Gasteiger partial charge in [-0.3, -0.25) is 0 Å². The minimum absolute atomic E-state index is 0.852. The van der Waals surface area contributed by atoms with E-state index in [9.17, 15) is 0 Å². The third-order valence-electron chi connectivity index (χ3n) is 3.89. The lowest BCUT2D eigenvalue weighted by atomic mass is 9.82. The van der Waals surface area contributed by atoms with Gasteiger partial charge in [0, 0.05) is 6.54 Å². The van der Waals surface area contributed by atoms with Gasteiger partial charge in [0.05, 0.1) is 6.54 Å². The zero-order valence-corrected chi connectivity index (χ0v) is 11.7. The summed E-state index contributed by atoms with van der Waals surface area (Å²) in [6.07, 6.45) is 8.36. The molecule has 102 valence electrons. The third kappa shape index (κ3) is 3.80. The summed E-state index contributed by atoms with van der Waals surface area (Å²) in [6.45, 7) is 7.50. The molecule has 0 aromatic carbocycles. The van der Waals surface area contributed by atoms with E-state index in [4.69, 9.17) is 0 Å². The fraction of sp³-hybridized carbons (Fsp3) is 0.857. The quantitative estimate of drug-likeness (QED) is 0.844. The molecule has 1 fully saturated rings. The van der Waals surface area contributed by atoms with Crippen LogP contribution in [0.1, 0.15) is 51.8 Å². The van der Waals surface area contributed by atoms with Gasteiger partial charge in [0.15, 0.2) is 0 Å². The van der Waals surface area contributed by atoms with Crippen LogP contribution in [0.25, 0.3) is 0 Å². The van der Waals surface area contributed by atoms with Crippen LogP contribution in [0, 0.1) is 11.8 Å². The highest BCUT2D eigenvalue weighted by Crippen LogP contribution is 2.27. The lowest BCUT2D eigenvalue weighted by Crippen LogP contribution is -2.27. The molecule has 2 unspecified atom stereocenters. The molecule has 0 bridgehead atoms. The number of aromatic nitrogens is 3. The van der Waals surface area contributed by atoms with Crippen molar-refractivity contribution in [3.63, 3.8) is 0 Å². The maximum Gasteiger partial charge on any atom is 0.140 e. The van der Waals surface area contributed by atoms with Crippen LogP contribution in [-0.2, 0) is 13.1 Å². The number of rotatable bonds is 6. The van der Waals surface area contributed by atoms with Gasteiger partial charge in [0.25, 0.3) is 0 Å². The standard InChI is InChI=1S/C14H26N4/c1-3-7-18-14(16-11-17-18)10-15-9-13-6-4-5-12(2)8-13/h11-13,15H,3-10H2,1-2H3. The van der Waals surface area contributed by atoms with Crippen LogP contribution in [0.3, 0.4) is 0 Å². The molecule has 0 radical (unpaired) electrons. The van der Waals surface area contributed by atoms with Crippen LogP contribution < -0.4 is 5.32 Å². The fourth-order valence-electron chi connectivity index (χ4n) is 2.96. The Morgan fingerprint density at radius 2 is 2.33 bits per heavy atom. The Kier molecular flexibility index (Phi) is 5.17. The summed E-state index contributed by atoms with van der Waals surface area (Å²) < 4.78 is 2.01. The van der Waals surface area contributed by atoms with E-state index < -0.39 is 0 Å². The first-order valence-corrected chi connectivity index (χ1v) is 7.37. The Labute approximate surface area is 110 Å². The molecule has 0 saturated heterocycles. The van der Waals surface area contributed by atoms with Crippen molar-refractivity contribution in [3.8, 4) is 0 Å². The SMILES string of the molecule is CCCn1ncnc1CNCC1CCCC(C)C1. The topological polar surface area (TPSA) is 42.7 Å². The van der Waals surface area contributed by atoms with Gasteiger partial charge in [-0.15, -0.1) is 0 Å². The lowest BCUT2D eigenvalue weighted by molar-refractivity contribution is 0.273. The Morgan fingerprint density at radius 1 is 1.44 bits per heavy atom. The summed E-state index contributed by atoms with van der Waals surface area (Å²) in [5.41, 5.74) is 0. The van der Waals surface area contributed by atoms with E-state index in [0.717, 1.165) is 43.7 Å². The number of hydrogen-bond donors (Lipinski definition) is 1. The van der Waals surface area contributed by atoms with Gasteiger partial charge in [-0.25, -0.2) is 9.67 Å². The molecule has 4 heteroatoms. The lowest BCUT2D eigenvalue weighted by Gasteiger charge is -2.26. The molecule has 0 spiro atoms. The van der Waals surface area contributed by atoms with E-state index >= 15 is 0 Å². The highest BCUT2D eigenvalue weighted by Gasteiger charge is 2.18. The first-order chi connectivity index (χ1) is 8.79. The Hall–Kier alpha value is -0.900. The van der Waals surface area contributed by atoms with Gasteiger partial charge >= 0.3 is 0 Å². The van der Waals surface area contributed by atoms with Crippen molar-refractivity contribution in [2.45, 2.75) is 59.0 Å². The Balaban J connectivity index is 1.72. The van der Waals surface area contributed by atoms with Gasteiger partial charge in [0.1, 0.15) is 12.2 Å². The summed E-state index contributed by atoms with van der Waals surface area (Å²) in [4.78, 5) is 4.32. The Morgan fingerprint density at radius 3 is 3.11 bits per heavy atom. The molecule has 1 aliphatic rings. The second-order valence-corrected chi connectivity index (χ2v) is 5.67. The number of nitrogens with one attached hydrogen (secondary N) is 1. The maximum atomic E-state index is 4.32. The van der Waals surface area contributed by atoms with Crippen molar-refractivity contribution in [2.24, 2.45) is 11.8 Å². The summed E-state index contributed by atoms with van der Waals surface area (Å²) in [5, 5.41) is 7.80. The van der Waals surface area contributed by atoms with Crippen LogP contribution in [0.15, 0.2) is 6.33 Å². The van der Waals surface area contributed by atoms with Gasteiger partial charge in [0.2, 0.25) is 0 Å². The van der Waals surface area contributed by atoms with Crippen LogP contribution in [-0.4, -0.2) is 21.3 Å². The van der Waals surface area contributed by atoms with Crippen molar-refractivity contribution in [2.75, 3.05) is 6.54 Å². The molecule has 2 atom stereocenters. The molecule has 1 aromatic heterocycles. The highest BCUT2D eigenvalue weighted by molar-refractivity contribution is 4.84. The molecule has 1 N–H and O–H groups in total. The van der Waals surface area contributed by atoms with Crippen molar-refractivity contribution in [3.05, 3.63) is 12.2 Å². The van der Waals surface area contributed by atoms with Crippen LogP contribution >= 0.6 is 0 Å². The molecule has 2 rings (SSSR count). The molecular formula is C14H26N4. The molecule has 18 heavy (non-hydrogen) atoms. The van der Waals surface area contributed by atoms with E-state index in [1.165, 1.54) is 25.7 Å². The minimum Gasteiger partial charge on any atom is -0.310 e. The van der Waals surface area contributed by atoms with Crippen LogP contribution in [0.5, 0.6) is 0 Å². The smallest absolute Gasteiger partial charge is 0.140 e. The molecule has 1 aromatic rings. The van der Waals surface area contributed by atoms with E-state index in [1.54, 1.807) is 6.33 Å². The molecule has 4 nitrogen and oxygen atoms in total. The molecule has 1 heterocycles. The summed E-state index contributed by atoms with van der Waals surface area (Å²) in [5.74, 6) is 2.84. The molecule has 0 aliphatic heterocycles. The Bertz CT molecular complexity index is 347. The average molecular weight is 250 g/mol. The van der Waals surface area contributed by atoms with E-state index in [1.807, 2.05) is 4.68 Å². The van der Waals surface area contributed by atoms with Crippen molar-refractivity contribution >= 4 is 0 Å². The van der Waals surface area contributed by atoms with E-state index in [-0.39, 0.29) is 0 Å². The van der Waals surface area contributed by atoms with E-state index in [2.05, 4.69) is 29.2 Å². The van der Waals surface area contributed by atoms with Crippen molar-refractivity contribution < 1.29 is 0 Å². The average Bonchev–Trinajstić information content (AvgIpc) is 2.78. The van der Waals surface area contributed by atoms with Gasteiger partial charge in [-0.1, -0.05) is 26.7 Å². The first-order valence-electron chi connectivity index (χ1n) is 7.37. The summed E-state index contributed by atoms with van der Waals surface area (Å²) in [7, 11) is 0. The van der Waals surface area contributed by atoms with Crippen molar-refractivity contribution in [1.29, 1.82) is 0 Å². The second kappa shape index (κ2) is 6.88. The summed E-state index contributed by atoms with van der Waals surface area (Å²) >= 11 is 0. The van der Waals surface area contributed by atoms with Crippen molar-refractivity contribution in [1.82, 2.24) is 20.1 Å². The number of hydrogen-bond acceptors (Lipinski definition) is 3. The normalized spacial score (nSPS) is 24.3. The molecule has 1 saturated carbocycles. The van der Waals surface area contributed by atoms with Gasteiger partial charge in [-0.05, 0) is 37.6 Å². The van der Waals surface area contributed by atoms with Crippen LogP contribution in [0.2, 0.25) is 0 Å². The summed E-state index contributed by atoms with van der Waals surface area (Å²) in [6, 6.07) is 0. The van der Waals surface area contributed by atoms with Gasteiger partial charge < -0.3 is 5.32 Å². The fourth-order valence-corrected chi connectivity index (χ4v) is 2.96. The molecule has 1 aliphatic carbocycles.